The van der Waals surface area contributed by atoms with Crippen molar-refractivity contribution in [2.75, 3.05) is 0 Å². The molecule has 0 aliphatic carbocycles. The Labute approximate surface area is 103 Å². The highest BCUT2D eigenvalue weighted by molar-refractivity contribution is 5.88. The van der Waals surface area contributed by atoms with Gasteiger partial charge in [0.05, 0.1) is 5.69 Å². The van der Waals surface area contributed by atoms with Gasteiger partial charge in [-0.05, 0) is 39.7 Å². The monoisotopic (exact) mass is 238 g/mol. The minimum Gasteiger partial charge on any atom is -0.455 e. The van der Waals surface area contributed by atoms with E-state index in [1.54, 1.807) is 4.68 Å². The van der Waals surface area contributed by atoms with Crippen LogP contribution in [0.25, 0.3) is 0 Å². The van der Waals surface area contributed by atoms with Crippen LogP contribution in [-0.4, -0.2) is 21.4 Å². The number of carbonyl (C=O) groups is 1. The van der Waals surface area contributed by atoms with Crippen molar-refractivity contribution in [1.82, 2.24) is 9.78 Å². The van der Waals surface area contributed by atoms with E-state index < -0.39 is 5.60 Å². The molecular weight excluding hydrogens is 216 g/mol. The molecule has 0 aliphatic rings. The summed E-state index contributed by atoms with van der Waals surface area (Å²) in [5.74, 6) is 0.00253. The van der Waals surface area contributed by atoms with Gasteiger partial charge in [-0.2, -0.15) is 5.10 Å². The van der Waals surface area contributed by atoms with Gasteiger partial charge < -0.3 is 4.74 Å². The zero-order valence-electron chi connectivity index (χ0n) is 11.6. The Balaban J connectivity index is 3.00. The van der Waals surface area contributed by atoms with Crippen molar-refractivity contribution in [3.8, 4) is 0 Å². The van der Waals surface area contributed by atoms with Crippen molar-refractivity contribution < 1.29 is 9.53 Å². The fourth-order valence-corrected chi connectivity index (χ4v) is 1.45. The Hall–Kier alpha value is -1.32. The first-order valence-electron chi connectivity index (χ1n) is 6.05. The van der Waals surface area contributed by atoms with E-state index in [0.717, 1.165) is 5.69 Å². The average Bonchev–Trinajstić information content (AvgIpc) is 2.58. The van der Waals surface area contributed by atoms with Gasteiger partial charge in [0.15, 0.2) is 0 Å². The van der Waals surface area contributed by atoms with Crippen molar-refractivity contribution in [2.24, 2.45) is 0 Å². The average molecular weight is 238 g/mol. The molecule has 0 aromatic carbocycles. The molecule has 4 heteroatoms. The first-order valence-corrected chi connectivity index (χ1v) is 6.05. The molecule has 0 saturated carbocycles. The summed E-state index contributed by atoms with van der Waals surface area (Å²) in [5.41, 5.74) is 0.983. The molecule has 0 amide bonds. The number of rotatable bonds is 3. The van der Waals surface area contributed by atoms with E-state index in [9.17, 15) is 4.79 Å². The zero-order chi connectivity index (χ0) is 13.2. The SMILES string of the molecule is CCn1nc(C(C)C)cc1C(=O)OC(C)(C)C. The Morgan fingerprint density at radius 2 is 2.06 bits per heavy atom. The Morgan fingerprint density at radius 1 is 1.47 bits per heavy atom. The largest absolute Gasteiger partial charge is 0.455 e. The van der Waals surface area contributed by atoms with Crippen LogP contribution >= 0.6 is 0 Å². The van der Waals surface area contributed by atoms with E-state index in [2.05, 4.69) is 18.9 Å². The van der Waals surface area contributed by atoms with Crippen LogP contribution < -0.4 is 0 Å². The van der Waals surface area contributed by atoms with Crippen molar-refractivity contribution in [2.45, 2.75) is 59.6 Å². The summed E-state index contributed by atoms with van der Waals surface area (Å²) in [5, 5.41) is 4.40. The third-order valence-electron chi connectivity index (χ3n) is 2.30. The summed E-state index contributed by atoms with van der Waals surface area (Å²) in [4.78, 5) is 12.0. The quantitative estimate of drug-likeness (QED) is 0.760. The highest BCUT2D eigenvalue weighted by Crippen LogP contribution is 2.17. The molecule has 0 bridgehead atoms. The van der Waals surface area contributed by atoms with E-state index in [1.165, 1.54) is 0 Å². The van der Waals surface area contributed by atoms with E-state index in [1.807, 2.05) is 33.8 Å². The zero-order valence-corrected chi connectivity index (χ0v) is 11.6. The number of hydrogen-bond acceptors (Lipinski definition) is 3. The molecule has 17 heavy (non-hydrogen) atoms. The lowest BCUT2D eigenvalue weighted by Gasteiger charge is -2.19. The Morgan fingerprint density at radius 3 is 2.47 bits per heavy atom. The summed E-state index contributed by atoms with van der Waals surface area (Å²) in [6, 6.07) is 1.82. The number of aromatic nitrogens is 2. The van der Waals surface area contributed by atoms with Gasteiger partial charge in [-0.25, -0.2) is 4.79 Å². The molecule has 0 radical (unpaired) electrons. The van der Waals surface area contributed by atoms with Crippen LogP contribution in [-0.2, 0) is 11.3 Å². The molecule has 0 aliphatic heterocycles. The number of carbonyl (C=O) groups excluding carboxylic acids is 1. The number of hydrogen-bond donors (Lipinski definition) is 0. The van der Waals surface area contributed by atoms with Crippen LogP contribution in [0.2, 0.25) is 0 Å². The third-order valence-corrected chi connectivity index (χ3v) is 2.30. The number of nitrogens with zero attached hydrogens (tertiary/aromatic N) is 2. The molecule has 0 N–H and O–H groups in total. The van der Waals surface area contributed by atoms with Gasteiger partial charge in [0.1, 0.15) is 11.3 Å². The van der Waals surface area contributed by atoms with Gasteiger partial charge in [0, 0.05) is 6.54 Å². The molecule has 0 spiro atoms. The lowest BCUT2D eigenvalue weighted by Crippen LogP contribution is -2.25. The Kier molecular flexibility index (Phi) is 3.96. The highest BCUT2D eigenvalue weighted by atomic mass is 16.6. The molecule has 4 nitrogen and oxygen atoms in total. The summed E-state index contributed by atoms with van der Waals surface area (Å²) in [6.07, 6.45) is 0. The van der Waals surface area contributed by atoms with Crippen LogP contribution in [0.15, 0.2) is 6.07 Å². The number of ether oxygens (including phenoxy) is 1. The first kappa shape index (κ1) is 13.7. The standard InChI is InChI=1S/C13H22N2O2/c1-7-15-11(8-10(14-15)9(2)3)12(16)17-13(4,5)6/h8-9H,7H2,1-6H3. The van der Waals surface area contributed by atoms with Gasteiger partial charge in [-0.3, -0.25) is 4.68 Å². The molecule has 0 atom stereocenters. The van der Waals surface area contributed by atoms with E-state index in [0.29, 0.717) is 18.2 Å². The normalized spacial score (nSPS) is 11.9. The maximum absolute atomic E-state index is 12.0. The lowest BCUT2D eigenvalue weighted by molar-refractivity contribution is 0.00562. The second kappa shape index (κ2) is 4.90. The maximum Gasteiger partial charge on any atom is 0.357 e. The van der Waals surface area contributed by atoms with Crippen LogP contribution in [0.5, 0.6) is 0 Å². The lowest BCUT2D eigenvalue weighted by atomic mass is 10.1. The van der Waals surface area contributed by atoms with Crippen molar-refractivity contribution in [3.63, 3.8) is 0 Å². The van der Waals surface area contributed by atoms with Crippen molar-refractivity contribution in [3.05, 3.63) is 17.5 Å². The summed E-state index contributed by atoms with van der Waals surface area (Å²) < 4.78 is 7.06. The smallest absolute Gasteiger partial charge is 0.357 e. The molecule has 96 valence electrons. The summed E-state index contributed by atoms with van der Waals surface area (Å²) in [6.45, 7) is 12.3. The van der Waals surface area contributed by atoms with Gasteiger partial charge in [-0.15, -0.1) is 0 Å². The highest BCUT2D eigenvalue weighted by Gasteiger charge is 2.22. The van der Waals surface area contributed by atoms with Crippen molar-refractivity contribution >= 4 is 5.97 Å². The maximum atomic E-state index is 12.0. The first-order chi connectivity index (χ1) is 7.74. The molecule has 1 aromatic heterocycles. The minimum atomic E-state index is -0.474. The molecule has 0 saturated heterocycles. The molecule has 1 heterocycles. The van der Waals surface area contributed by atoms with Gasteiger partial charge in [0.2, 0.25) is 0 Å². The fraction of sp³-hybridized carbons (Fsp3) is 0.692. The molecule has 0 unspecified atom stereocenters. The second-order valence-corrected chi connectivity index (χ2v) is 5.43. The topological polar surface area (TPSA) is 44.1 Å². The van der Waals surface area contributed by atoms with Crippen LogP contribution in [0.3, 0.4) is 0 Å². The van der Waals surface area contributed by atoms with E-state index >= 15 is 0 Å². The van der Waals surface area contributed by atoms with E-state index in [-0.39, 0.29) is 5.97 Å². The number of esters is 1. The fourth-order valence-electron chi connectivity index (χ4n) is 1.45. The van der Waals surface area contributed by atoms with Crippen molar-refractivity contribution in [1.29, 1.82) is 0 Å². The number of aryl methyl sites for hydroxylation is 1. The Bertz CT molecular complexity index is 400. The molecule has 1 aromatic rings. The predicted octanol–water partition coefficient (Wildman–Crippen LogP) is 2.98. The molecular formula is C13H22N2O2. The second-order valence-electron chi connectivity index (χ2n) is 5.43. The minimum absolute atomic E-state index is 0.307. The molecule has 0 fully saturated rings. The van der Waals surface area contributed by atoms with Gasteiger partial charge in [0.25, 0.3) is 0 Å². The van der Waals surface area contributed by atoms with Crippen LogP contribution in [0.4, 0.5) is 0 Å². The summed E-state index contributed by atoms with van der Waals surface area (Å²) in [7, 11) is 0. The summed E-state index contributed by atoms with van der Waals surface area (Å²) >= 11 is 0. The van der Waals surface area contributed by atoms with Gasteiger partial charge >= 0.3 is 5.97 Å². The van der Waals surface area contributed by atoms with E-state index in [4.69, 9.17) is 4.74 Å². The van der Waals surface area contributed by atoms with Crippen LogP contribution in [0, 0.1) is 0 Å². The molecule has 1 rings (SSSR count). The predicted molar refractivity (Wildman–Crippen MR) is 67.2 cm³/mol. The van der Waals surface area contributed by atoms with Crippen LogP contribution in [0.1, 0.15) is 63.6 Å². The van der Waals surface area contributed by atoms with Gasteiger partial charge in [-0.1, -0.05) is 13.8 Å². The third kappa shape index (κ3) is 3.58.